The zero-order valence-corrected chi connectivity index (χ0v) is 20.9. The summed E-state index contributed by atoms with van der Waals surface area (Å²) in [5.74, 6) is -0.689. The van der Waals surface area contributed by atoms with Gasteiger partial charge in [-0.05, 0) is 49.1 Å². The van der Waals surface area contributed by atoms with E-state index < -0.39 is 11.7 Å². The summed E-state index contributed by atoms with van der Waals surface area (Å²) in [6.45, 7) is 3.08. The van der Waals surface area contributed by atoms with Crippen molar-refractivity contribution in [3.05, 3.63) is 59.4 Å². The lowest BCUT2D eigenvalue weighted by Crippen LogP contribution is -2.40. The highest BCUT2D eigenvalue weighted by Crippen LogP contribution is 2.42. The number of aromatic nitrogens is 3. The second-order valence-electron chi connectivity index (χ2n) is 9.25. The van der Waals surface area contributed by atoms with Crippen molar-refractivity contribution in [2.24, 2.45) is 5.73 Å². The number of anilines is 1. The molecule has 0 saturated carbocycles. The van der Waals surface area contributed by atoms with Crippen LogP contribution in [0.5, 0.6) is 5.75 Å². The molecule has 1 fully saturated rings. The number of rotatable bonds is 5. The smallest absolute Gasteiger partial charge is 0.270 e. The predicted octanol–water partition coefficient (Wildman–Crippen LogP) is 4.17. The summed E-state index contributed by atoms with van der Waals surface area (Å²) in [5, 5.41) is 2.65. The van der Waals surface area contributed by atoms with Crippen LogP contribution in [0, 0.1) is 18.6 Å². The first-order valence-electron chi connectivity index (χ1n) is 12.1. The van der Waals surface area contributed by atoms with Gasteiger partial charge in [0.1, 0.15) is 34.4 Å². The van der Waals surface area contributed by atoms with E-state index in [9.17, 15) is 13.6 Å². The molecule has 1 amide bonds. The highest BCUT2D eigenvalue weighted by molar-refractivity contribution is 6.05. The lowest BCUT2D eigenvalue weighted by Gasteiger charge is -2.35. The van der Waals surface area contributed by atoms with E-state index in [4.69, 9.17) is 15.5 Å². The van der Waals surface area contributed by atoms with Crippen molar-refractivity contribution >= 4 is 22.6 Å². The molecule has 10 heteroatoms. The number of hydrogen-bond donors (Lipinski definition) is 3. The number of methoxy groups -OCH3 is 1. The molecule has 4 aromatic rings. The van der Waals surface area contributed by atoms with E-state index in [0.29, 0.717) is 52.3 Å². The zero-order chi connectivity index (χ0) is 26.3. The third-order valence-corrected chi connectivity index (χ3v) is 6.68. The van der Waals surface area contributed by atoms with Crippen LogP contribution in [0.1, 0.15) is 28.9 Å². The third-order valence-electron chi connectivity index (χ3n) is 6.68. The number of imidazole rings is 1. The average Bonchev–Trinajstić information content (AvgIpc) is 3.30. The maximum atomic E-state index is 14.5. The Morgan fingerprint density at radius 1 is 1.16 bits per heavy atom. The Balaban J connectivity index is 1.84. The van der Waals surface area contributed by atoms with Crippen LogP contribution >= 0.6 is 0 Å². The monoisotopic (exact) mass is 506 g/mol. The summed E-state index contributed by atoms with van der Waals surface area (Å²) in [7, 11) is 2.96. The number of nitrogens with zero attached hydrogens (tertiary/aromatic N) is 3. The third kappa shape index (κ3) is 4.60. The Bertz CT molecular complexity index is 1470. The molecule has 0 radical (unpaired) electrons. The standard InChI is InChI=1S/C27H28F2N6O2/c1-14-8-15(10-16(28)9-14)19-13-32-24(27(36)31-2)22(25(19)35-6-4-18(30)5-7-35)26-33-20-11-17(29)12-21(37-3)23(20)34-26/h8-13,18H,4-7,30H2,1-3H3,(H,31,36)(H,33,34). The molecule has 0 bridgehead atoms. The van der Waals surface area contributed by atoms with Crippen molar-refractivity contribution in [1.29, 1.82) is 0 Å². The molecule has 8 nitrogen and oxygen atoms in total. The first-order chi connectivity index (χ1) is 17.8. The lowest BCUT2D eigenvalue weighted by molar-refractivity contribution is 0.0959. The van der Waals surface area contributed by atoms with Gasteiger partial charge in [0.2, 0.25) is 0 Å². The minimum atomic E-state index is -0.488. The molecule has 3 heterocycles. The highest BCUT2D eigenvalue weighted by Gasteiger charge is 2.29. The van der Waals surface area contributed by atoms with Crippen LogP contribution in [0.3, 0.4) is 0 Å². The second-order valence-corrected chi connectivity index (χ2v) is 9.25. The molecule has 1 aliphatic heterocycles. The van der Waals surface area contributed by atoms with Gasteiger partial charge in [-0.3, -0.25) is 4.79 Å². The van der Waals surface area contributed by atoms with Crippen molar-refractivity contribution in [3.63, 3.8) is 0 Å². The SMILES string of the molecule is CNC(=O)c1ncc(-c2cc(C)cc(F)c2)c(N2CCC(N)CC2)c1-c1nc2c(OC)cc(F)cc2[nH]1. The highest BCUT2D eigenvalue weighted by atomic mass is 19.1. The van der Waals surface area contributed by atoms with Gasteiger partial charge in [-0.2, -0.15) is 0 Å². The number of benzene rings is 2. The fourth-order valence-corrected chi connectivity index (χ4v) is 4.90. The second kappa shape index (κ2) is 9.78. The molecule has 2 aromatic carbocycles. The minimum Gasteiger partial charge on any atom is -0.494 e. The number of amides is 1. The molecule has 0 aliphatic carbocycles. The molecule has 0 unspecified atom stereocenters. The number of nitrogens with two attached hydrogens (primary N) is 1. The number of aryl methyl sites for hydroxylation is 1. The van der Waals surface area contributed by atoms with Gasteiger partial charge in [-0.1, -0.05) is 6.07 Å². The Morgan fingerprint density at radius 3 is 2.57 bits per heavy atom. The Morgan fingerprint density at radius 2 is 1.89 bits per heavy atom. The number of piperidine rings is 1. The van der Waals surface area contributed by atoms with Crippen LogP contribution < -0.4 is 20.7 Å². The van der Waals surface area contributed by atoms with Crippen LogP contribution in [0.4, 0.5) is 14.5 Å². The van der Waals surface area contributed by atoms with Gasteiger partial charge < -0.3 is 25.7 Å². The topological polar surface area (TPSA) is 109 Å². The van der Waals surface area contributed by atoms with Gasteiger partial charge in [0.05, 0.1) is 23.9 Å². The molecular weight excluding hydrogens is 478 g/mol. The van der Waals surface area contributed by atoms with E-state index in [1.54, 1.807) is 6.20 Å². The molecule has 5 rings (SSSR count). The fourth-order valence-electron chi connectivity index (χ4n) is 4.90. The van der Waals surface area contributed by atoms with E-state index in [1.807, 2.05) is 13.0 Å². The number of carbonyl (C=O) groups excluding carboxylic acids is 1. The van der Waals surface area contributed by atoms with Gasteiger partial charge in [-0.25, -0.2) is 18.7 Å². The summed E-state index contributed by atoms with van der Waals surface area (Å²) in [5.41, 5.74) is 10.3. The van der Waals surface area contributed by atoms with Crippen LogP contribution in [-0.4, -0.2) is 54.1 Å². The van der Waals surface area contributed by atoms with Gasteiger partial charge in [-0.15, -0.1) is 0 Å². The zero-order valence-electron chi connectivity index (χ0n) is 20.9. The normalized spacial score (nSPS) is 14.3. The number of H-pyrrole nitrogens is 1. The van der Waals surface area contributed by atoms with Crippen molar-refractivity contribution in [2.45, 2.75) is 25.8 Å². The summed E-state index contributed by atoms with van der Waals surface area (Å²) in [6.07, 6.45) is 3.09. The van der Waals surface area contributed by atoms with Crippen molar-refractivity contribution in [3.8, 4) is 28.3 Å². The Kier molecular flexibility index (Phi) is 6.51. The summed E-state index contributed by atoms with van der Waals surface area (Å²) in [6, 6.07) is 7.42. The number of hydrogen-bond acceptors (Lipinski definition) is 6. The van der Waals surface area contributed by atoms with Crippen molar-refractivity contribution in [1.82, 2.24) is 20.3 Å². The molecule has 1 saturated heterocycles. The summed E-state index contributed by atoms with van der Waals surface area (Å²) < 4.78 is 34.1. The number of fused-ring (bicyclic) bond motifs is 1. The maximum absolute atomic E-state index is 14.5. The van der Waals surface area contributed by atoms with Gasteiger partial charge >= 0.3 is 0 Å². The molecule has 4 N–H and O–H groups in total. The summed E-state index contributed by atoms with van der Waals surface area (Å²) >= 11 is 0. The van der Waals surface area contributed by atoms with Crippen molar-refractivity contribution in [2.75, 3.05) is 32.1 Å². The van der Waals surface area contributed by atoms with Crippen molar-refractivity contribution < 1.29 is 18.3 Å². The Hall–Kier alpha value is -4.05. The number of halogens is 2. The molecule has 2 aromatic heterocycles. The van der Waals surface area contributed by atoms with E-state index in [2.05, 4.69) is 20.2 Å². The number of ether oxygens (including phenoxy) is 1. The largest absolute Gasteiger partial charge is 0.494 e. The molecule has 192 valence electrons. The molecule has 0 atom stereocenters. The fraction of sp³-hybridized carbons (Fsp3) is 0.296. The molecule has 1 aliphatic rings. The lowest BCUT2D eigenvalue weighted by atomic mass is 9.95. The number of nitrogens with one attached hydrogen (secondary N) is 2. The van der Waals surface area contributed by atoms with E-state index in [0.717, 1.165) is 18.4 Å². The Labute approximate surface area is 212 Å². The molecule has 37 heavy (non-hydrogen) atoms. The minimum absolute atomic E-state index is 0.0678. The van der Waals surface area contributed by atoms with Gasteiger partial charge in [0.25, 0.3) is 5.91 Å². The van der Waals surface area contributed by atoms with Gasteiger partial charge in [0, 0.05) is 44.0 Å². The first-order valence-corrected chi connectivity index (χ1v) is 12.1. The van der Waals surface area contributed by atoms with E-state index >= 15 is 0 Å². The van der Waals surface area contributed by atoms with E-state index in [-0.39, 0.29) is 23.3 Å². The number of aromatic amines is 1. The van der Waals surface area contributed by atoms with Gasteiger partial charge in [0.15, 0.2) is 0 Å². The number of carbonyl (C=O) groups is 1. The molecule has 0 spiro atoms. The van der Waals surface area contributed by atoms with Crippen LogP contribution in [0.2, 0.25) is 0 Å². The summed E-state index contributed by atoms with van der Waals surface area (Å²) in [4.78, 5) is 27.6. The quantitative estimate of drug-likeness (QED) is 0.375. The predicted molar refractivity (Wildman–Crippen MR) is 139 cm³/mol. The maximum Gasteiger partial charge on any atom is 0.270 e. The first kappa shape index (κ1) is 24.6. The number of pyridine rings is 1. The van der Waals surface area contributed by atoms with E-state index in [1.165, 1.54) is 38.4 Å². The van der Waals surface area contributed by atoms with Crippen LogP contribution in [-0.2, 0) is 0 Å². The average molecular weight is 507 g/mol. The van der Waals surface area contributed by atoms with Crippen LogP contribution in [0.15, 0.2) is 36.5 Å². The molecular formula is C27H28F2N6O2. The van der Waals surface area contributed by atoms with Crippen LogP contribution in [0.25, 0.3) is 33.5 Å².